The molecule has 0 bridgehead atoms. The van der Waals surface area contributed by atoms with Crippen molar-refractivity contribution in [3.05, 3.63) is 15.6 Å². The molecule has 2 aliphatic carbocycles. The molecule has 0 aromatic carbocycles. The summed E-state index contributed by atoms with van der Waals surface area (Å²) in [5.41, 5.74) is 8.41. The molecule has 2 atom stereocenters. The first-order valence-electron chi connectivity index (χ1n) is 8.19. The zero-order valence-corrected chi connectivity index (χ0v) is 14.0. The van der Waals surface area contributed by atoms with Crippen LogP contribution in [0.5, 0.6) is 0 Å². The smallest absolute Gasteiger partial charge is 0.113 e. The lowest BCUT2D eigenvalue weighted by Crippen LogP contribution is -2.51. The fourth-order valence-corrected chi connectivity index (χ4v) is 5.55. The average Bonchev–Trinajstić information content (AvgIpc) is 2.82. The van der Waals surface area contributed by atoms with E-state index in [-0.39, 0.29) is 11.0 Å². The first-order chi connectivity index (χ1) is 9.41. The Bertz CT molecular complexity index is 462. The van der Waals surface area contributed by atoms with Crippen molar-refractivity contribution in [1.29, 1.82) is 0 Å². The van der Waals surface area contributed by atoms with Gasteiger partial charge in [0.25, 0.3) is 0 Å². The first-order valence-corrected chi connectivity index (χ1v) is 9.01. The number of nitrogens with two attached hydrogens (primary N) is 1. The lowest BCUT2D eigenvalue weighted by Gasteiger charge is -2.46. The molecule has 1 heterocycles. The van der Waals surface area contributed by atoms with E-state index in [0.29, 0.717) is 5.92 Å². The summed E-state index contributed by atoms with van der Waals surface area (Å²) in [4.78, 5) is 6.53. The van der Waals surface area contributed by atoms with E-state index >= 15 is 0 Å². The minimum atomic E-state index is -0.182. The van der Waals surface area contributed by atoms with Gasteiger partial charge in [-0.3, -0.25) is 0 Å². The van der Waals surface area contributed by atoms with Crippen LogP contribution in [-0.4, -0.2) is 4.98 Å². The summed E-state index contributed by atoms with van der Waals surface area (Å²) in [5.74, 6) is 0.552. The SMILES string of the molecule is CC(C)(C)C1CCCCC1(N)c1nc2c(s1)CCCC2. The second kappa shape index (κ2) is 5.10. The maximum atomic E-state index is 6.97. The second-order valence-electron chi connectivity index (χ2n) is 7.80. The number of thiazole rings is 1. The molecule has 2 unspecified atom stereocenters. The summed E-state index contributed by atoms with van der Waals surface area (Å²) >= 11 is 1.92. The van der Waals surface area contributed by atoms with Gasteiger partial charge in [0.2, 0.25) is 0 Å². The van der Waals surface area contributed by atoms with E-state index < -0.39 is 0 Å². The molecule has 1 aromatic rings. The molecular formula is C17H28N2S. The molecule has 0 saturated heterocycles. The van der Waals surface area contributed by atoms with Gasteiger partial charge in [0.1, 0.15) is 5.01 Å². The molecule has 2 N–H and O–H groups in total. The van der Waals surface area contributed by atoms with Gasteiger partial charge in [-0.1, -0.05) is 33.6 Å². The van der Waals surface area contributed by atoms with Gasteiger partial charge in [-0.15, -0.1) is 11.3 Å². The summed E-state index contributed by atoms with van der Waals surface area (Å²) in [7, 11) is 0. The van der Waals surface area contributed by atoms with Crippen LogP contribution in [0.15, 0.2) is 0 Å². The van der Waals surface area contributed by atoms with E-state index in [2.05, 4.69) is 20.8 Å². The maximum absolute atomic E-state index is 6.97. The number of aromatic nitrogens is 1. The van der Waals surface area contributed by atoms with Crippen molar-refractivity contribution in [2.24, 2.45) is 17.1 Å². The average molecular weight is 292 g/mol. The van der Waals surface area contributed by atoms with Gasteiger partial charge in [-0.05, 0) is 49.9 Å². The molecule has 0 spiro atoms. The molecular weight excluding hydrogens is 264 g/mol. The Hall–Kier alpha value is -0.410. The summed E-state index contributed by atoms with van der Waals surface area (Å²) < 4.78 is 0. The normalized spacial score (nSPS) is 31.1. The van der Waals surface area contributed by atoms with E-state index in [1.807, 2.05) is 11.3 Å². The predicted octanol–water partition coefficient (Wildman–Crippen LogP) is 4.41. The second-order valence-corrected chi connectivity index (χ2v) is 8.88. The summed E-state index contributed by atoms with van der Waals surface area (Å²) in [6, 6.07) is 0. The molecule has 0 radical (unpaired) electrons. The van der Waals surface area contributed by atoms with Crippen LogP contribution in [0.3, 0.4) is 0 Å². The molecule has 0 aliphatic heterocycles. The third-order valence-electron chi connectivity index (χ3n) is 5.24. The predicted molar refractivity (Wildman–Crippen MR) is 86.0 cm³/mol. The summed E-state index contributed by atoms with van der Waals surface area (Å²) in [5, 5.41) is 1.24. The zero-order valence-electron chi connectivity index (χ0n) is 13.2. The largest absolute Gasteiger partial charge is 0.319 e. The molecule has 20 heavy (non-hydrogen) atoms. The fraction of sp³-hybridized carbons (Fsp3) is 0.824. The zero-order chi connectivity index (χ0) is 14.4. The van der Waals surface area contributed by atoms with Gasteiger partial charge in [-0.25, -0.2) is 4.98 Å². The number of fused-ring (bicyclic) bond motifs is 1. The molecule has 2 aliphatic rings. The molecule has 1 fully saturated rings. The molecule has 2 nitrogen and oxygen atoms in total. The number of rotatable bonds is 1. The molecule has 1 saturated carbocycles. The topological polar surface area (TPSA) is 38.9 Å². The van der Waals surface area contributed by atoms with E-state index in [9.17, 15) is 0 Å². The highest BCUT2D eigenvalue weighted by Crippen LogP contribution is 2.49. The monoisotopic (exact) mass is 292 g/mol. The number of hydrogen-bond acceptors (Lipinski definition) is 3. The fourth-order valence-electron chi connectivity index (χ4n) is 4.21. The summed E-state index contributed by atoms with van der Waals surface area (Å²) in [6.45, 7) is 7.04. The maximum Gasteiger partial charge on any atom is 0.113 e. The Morgan fingerprint density at radius 3 is 2.60 bits per heavy atom. The molecule has 0 amide bonds. The van der Waals surface area contributed by atoms with Gasteiger partial charge in [0.15, 0.2) is 0 Å². The number of hydrogen-bond donors (Lipinski definition) is 1. The Balaban J connectivity index is 1.98. The molecule has 3 rings (SSSR count). The van der Waals surface area contributed by atoms with Gasteiger partial charge in [0, 0.05) is 4.88 Å². The number of nitrogens with zero attached hydrogens (tertiary/aromatic N) is 1. The first kappa shape index (κ1) is 14.5. The standard InChI is InChI=1S/C17H28N2S/c1-16(2,3)14-10-6-7-11-17(14,18)15-19-12-8-4-5-9-13(12)20-15/h14H,4-11,18H2,1-3H3. The van der Waals surface area contributed by atoms with Crippen LogP contribution in [0.2, 0.25) is 0 Å². The van der Waals surface area contributed by atoms with Crippen LogP contribution in [0, 0.1) is 11.3 Å². The van der Waals surface area contributed by atoms with E-state index in [4.69, 9.17) is 10.7 Å². The van der Waals surface area contributed by atoms with Crippen molar-refractivity contribution in [2.45, 2.75) is 77.7 Å². The highest BCUT2D eigenvalue weighted by atomic mass is 32.1. The van der Waals surface area contributed by atoms with Crippen molar-refractivity contribution in [3.63, 3.8) is 0 Å². The van der Waals surface area contributed by atoms with E-state index in [0.717, 1.165) is 6.42 Å². The highest BCUT2D eigenvalue weighted by Gasteiger charge is 2.46. The Morgan fingerprint density at radius 2 is 1.90 bits per heavy atom. The quantitative estimate of drug-likeness (QED) is 0.832. The van der Waals surface area contributed by atoms with Crippen LogP contribution < -0.4 is 5.73 Å². The van der Waals surface area contributed by atoms with Crippen molar-refractivity contribution in [1.82, 2.24) is 4.98 Å². The van der Waals surface area contributed by atoms with Crippen LogP contribution in [0.1, 0.15) is 74.9 Å². The third-order valence-corrected chi connectivity index (χ3v) is 6.60. The van der Waals surface area contributed by atoms with Crippen molar-refractivity contribution < 1.29 is 0 Å². The molecule has 112 valence electrons. The lowest BCUT2D eigenvalue weighted by atomic mass is 9.62. The van der Waals surface area contributed by atoms with E-state index in [1.54, 1.807) is 0 Å². The Labute approximate surface area is 127 Å². The van der Waals surface area contributed by atoms with Gasteiger partial charge < -0.3 is 5.73 Å². The van der Waals surface area contributed by atoms with Gasteiger partial charge in [0.05, 0.1) is 11.2 Å². The van der Waals surface area contributed by atoms with E-state index in [1.165, 1.54) is 60.5 Å². The van der Waals surface area contributed by atoms with Crippen LogP contribution >= 0.6 is 11.3 Å². The number of aryl methyl sites for hydroxylation is 2. The minimum absolute atomic E-state index is 0.182. The highest BCUT2D eigenvalue weighted by molar-refractivity contribution is 7.11. The van der Waals surface area contributed by atoms with Crippen molar-refractivity contribution in [3.8, 4) is 0 Å². The third kappa shape index (κ3) is 2.43. The van der Waals surface area contributed by atoms with Crippen LogP contribution in [0.4, 0.5) is 0 Å². The summed E-state index contributed by atoms with van der Waals surface area (Å²) in [6.07, 6.45) is 9.97. The van der Waals surface area contributed by atoms with Crippen LogP contribution in [-0.2, 0) is 18.4 Å². The van der Waals surface area contributed by atoms with Crippen molar-refractivity contribution >= 4 is 11.3 Å². The van der Waals surface area contributed by atoms with Gasteiger partial charge >= 0.3 is 0 Å². The Morgan fingerprint density at radius 1 is 1.15 bits per heavy atom. The van der Waals surface area contributed by atoms with Gasteiger partial charge in [-0.2, -0.15) is 0 Å². The molecule has 3 heteroatoms. The van der Waals surface area contributed by atoms with Crippen LogP contribution in [0.25, 0.3) is 0 Å². The lowest BCUT2D eigenvalue weighted by molar-refractivity contribution is 0.0775. The molecule has 1 aromatic heterocycles. The minimum Gasteiger partial charge on any atom is -0.319 e. The van der Waals surface area contributed by atoms with Crippen molar-refractivity contribution in [2.75, 3.05) is 0 Å². The Kier molecular flexibility index (Phi) is 3.70.